The average molecular weight is 495 g/mol. The number of aliphatic carboxylic acids is 2. The number of halogens is 1. The van der Waals surface area contributed by atoms with Gasteiger partial charge in [-0.15, -0.1) is 0 Å². The number of carbonyl (C=O) groups excluding carboxylic acids is 1. The molecule has 0 aromatic heterocycles. The molecule has 1 unspecified atom stereocenters. The molecule has 8 heteroatoms. The van der Waals surface area contributed by atoms with Gasteiger partial charge < -0.3 is 15.5 Å². The van der Waals surface area contributed by atoms with Crippen molar-refractivity contribution in [2.24, 2.45) is 0 Å². The largest absolute Gasteiger partial charge is 0.478 e. The minimum atomic E-state index is -1.26. The van der Waals surface area contributed by atoms with E-state index in [1.807, 2.05) is 92.0 Å². The van der Waals surface area contributed by atoms with E-state index in [-0.39, 0.29) is 11.9 Å². The molecule has 3 N–H and O–H groups in total. The third-order valence-electron chi connectivity index (χ3n) is 4.83. The molecule has 0 fully saturated rings. The Balaban J connectivity index is 0.000000466. The summed E-state index contributed by atoms with van der Waals surface area (Å²) in [6.45, 7) is 1.16. The molecule has 3 aromatic carbocycles. The van der Waals surface area contributed by atoms with Crippen LogP contribution < -0.4 is 5.32 Å². The van der Waals surface area contributed by atoms with Crippen LogP contribution in [0.2, 0.25) is 5.02 Å². The molecular formula is C27H27ClN2O5. The van der Waals surface area contributed by atoms with Gasteiger partial charge in [-0.05, 0) is 35.9 Å². The molecule has 0 aliphatic carbocycles. The maximum absolute atomic E-state index is 13.0. The van der Waals surface area contributed by atoms with Crippen molar-refractivity contribution >= 4 is 29.4 Å². The van der Waals surface area contributed by atoms with E-state index in [2.05, 4.69) is 10.2 Å². The first-order chi connectivity index (χ1) is 16.8. The van der Waals surface area contributed by atoms with E-state index in [0.29, 0.717) is 30.3 Å². The molecule has 0 saturated carbocycles. The molecule has 182 valence electrons. The van der Waals surface area contributed by atoms with Gasteiger partial charge in [0.2, 0.25) is 5.91 Å². The molecule has 0 bridgehead atoms. The fourth-order valence-corrected chi connectivity index (χ4v) is 3.36. The summed E-state index contributed by atoms with van der Waals surface area (Å²) in [7, 11) is 1.97. The van der Waals surface area contributed by atoms with Gasteiger partial charge in [-0.25, -0.2) is 9.59 Å². The summed E-state index contributed by atoms with van der Waals surface area (Å²) >= 11 is 5.98. The maximum Gasteiger partial charge on any atom is 0.328 e. The van der Waals surface area contributed by atoms with Crippen LogP contribution in [0.15, 0.2) is 97.1 Å². The SMILES string of the molecule is CN(Cc1ccc(Cl)cc1)C(C(=O)NCc1ccccc1)c1ccccc1.O=C(O)/C=C/C(=O)O. The Hall–Kier alpha value is -3.94. The summed E-state index contributed by atoms with van der Waals surface area (Å²) < 4.78 is 0. The fraction of sp³-hybridized carbons (Fsp3) is 0.148. The number of amides is 1. The van der Waals surface area contributed by atoms with Crippen molar-refractivity contribution in [1.82, 2.24) is 10.2 Å². The maximum atomic E-state index is 13.0. The Morgan fingerprint density at radius 3 is 1.86 bits per heavy atom. The predicted octanol–water partition coefficient (Wildman–Crippen LogP) is 4.54. The Bertz CT molecular complexity index is 1100. The van der Waals surface area contributed by atoms with Crippen molar-refractivity contribution in [3.8, 4) is 0 Å². The van der Waals surface area contributed by atoms with Crippen LogP contribution in [0.3, 0.4) is 0 Å². The molecule has 3 aromatic rings. The minimum Gasteiger partial charge on any atom is -0.478 e. The summed E-state index contributed by atoms with van der Waals surface area (Å²) in [5, 5.41) is 19.4. The Morgan fingerprint density at radius 2 is 1.34 bits per heavy atom. The van der Waals surface area contributed by atoms with Crippen molar-refractivity contribution in [3.63, 3.8) is 0 Å². The van der Waals surface area contributed by atoms with Crippen LogP contribution in [-0.2, 0) is 27.5 Å². The first-order valence-corrected chi connectivity index (χ1v) is 11.1. The summed E-state index contributed by atoms with van der Waals surface area (Å²) in [4.78, 5) is 34.2. The third-order valence-corrected chi connectivity index (χ3v) is 5.08. The van der Waals surface area contributed by atoms with Crippen LogP contribution in [0.1, 0.15) is 22.7 Å². The Labute approximate surface area is 209 Å². The molecule has 0 radical (unpaired) electrons. The molecule has 3 rings (SSSR count). The molecule has 1 atom stereocenters. The first-order valence-electron chi connectivity index (χ1n) is 10.7. The van der Waals surface area contributed by atoms with Crippen LogP contribution in [-0.4, -0.2) is 40.0 Å². The number of likely N-dealkylation sites (N-methyl/N-ethyl adjacent to an activating group) is 1. The van der Waals surface area contributed by atoms with Gasteiger partial charge in [-0.2, -0.15) is 0 Å². The van der Waals surface area contributed by atoms with Gasteiger partial charge >= 0.3 is 11.9 Å². The number of hydrogen-bond acceptors (Lipinski definition) is 4. The Morgan fingerprint density at radius 1 is 0.829 bits per heavy atom. The smallest absolute Gasteiger partial charge is 0.328 e. The van der Waals surface area contributed by atoms with E-state index >= 15 is 0 Å². The van der Waals surface area contributed by atoms with E-state index in [9.17, 15) is 14.4 Å². The van der Waals surface area contributed by atoms with Gasteiger partial charge in [-0.1, -0.05) is 84.4 Å². The number of hydrogen-bond donors (Lipinski definition) is 3. The highest BCUT2D eigenvalue weighted by Gasteiger charge is 2.25. The van der Waals surface area contributed by atoms with Gasteiger partial charge in [0.15, 0.2) is 0 Å². The van der Waals surface area contributed by atoms with E-state index in [1.165, 1.54) is 0 Å². The summed E-state index contributed by atoms with van der Waals surface area (Å²) in [5.74, 6) is -2.53. The highest BCUT2D eigenvalue weighted by molar-refractivity contribution is 6.30. The number of nitrogens with zero attached hydrogens (tertiary/aromatic N) is 1. The highest BCUT2D eigenvalue weighted by Crippen LogP contribution is 2.22. The van der Waals surface area contributed by atoms with Crippen molar-refractivity contribution in [2.45, 2.75) is 19.1 Å². The number of nitrogens with one attached hydrogen (secondary N) is 1. The van der Waals surface area contributed by atoms with E-state index in [4.69, 9.17) is 21.8 Å². The summed E-state index contributed by atoms with van der Waals surface area (Å²) in [6.07, 6.45) is 1.12. The summed E-state index contributed by atoms with van der Waals surface area (Å²) in [5.41, 5.74) is 3.16. The molecule has 1 amide bonds. The Kier molecular flexibility index (Phi) is 11.2. The minimum absolute atomic E-state index is 0.0125. The zero-order valence-corrected chi connectivity index (χ0v) is 19.9. The van der Waals surface area contributed by atoms with Crippen LogP contribution in [0.25, 0.3) is 0 Å². The van der Waals surface area contributed by atoms with Crippen LogP contribution in [0, 0.1) is 0 Å². The van der Waals surface area contributed by atoms with Crippen molar-refractivity contribution < 1.29 is 24.6 Å². The number of carboxylic acids is 2. The second-order valence-corrected chi connectivity index (χ2v) is 8.00. The lowest BCUT2D eigenvalue weighted by Crippen LogP contribution is -2.38. The second-order valence-electron chi connectivity index (χ2n) is 7.57. The number of rotatable bonds is 9. The lowest BCUT2D eigenvalue weighted by molar-refractivity contribution is -0.134. The van der Waals surface area contributed by atoms with Crippen LogP contribution in [0.4, 0.5) is 0 Å². The second kappa shape index (κ2) is 14.3. The monoisotopic (exact) mass is 494 g/mol. The topological polar surface area (TPSA) is 107 Å². The number of carbonyl (C=O) groups is 3. The van der Waals surface area contributed by atoms with Crippen LogP contribution in [0.5, 0.6) is 0 Å². The molecular weight excluding hydrogens is 468 g/mol. The quantitative estimate of drug-likeness (QED) is 0.377. The van der Waals surface area contributed by atoms with Crippen molar-refractivity contribution in [3.05, 3.63) is 119 Å². The standard InChI is InChI=1S/C23H23ClN2O.C4H4O4/c1-26(17-19-12-14-21(24)15-13-19)22(20-10-6-3-7-11-20)23(27)25-16-18-8-4-2-5-9-18;5-3(6)1-2-4(7)8/h2-15,22H,16-17H2,1H3,(H,25,27);1-2H,(H,5,6)(H,7,8)/b;2-1+. The molecule has 0 heterocycles. The summed E-state index contributed by atoms with van der Waals surface area (Å²) in [6, 6.07) is 27.2. The zero-order valence-electron chi connectivity index (χ0n) is 19.2. The van der Waals surface area contributed by atoms with Crippen molar-refractivity contribution in [1.29, 1.82) is 0 Å². The van der Waals surface area contributed by atoms with E-state index < -0.39 is 11.9 Å². The van der Waals surface area contributed by atoms with Gasteiger partial charge in [0, 0.05) is 30.3 Å². The normalized spacial score (nSPS) is 11.4. The third kappa shape index (κ3) is 10.2. The highest BCUT2D eigenvalue weighted by atomic mass is 35.5. The fourth-order valence-electron chi connectivity index (χ4n) is 3.23. The van der Waals surface area contributed by atoms with Gasteiger partial charge in [0.1, 0.15) is 6.04 Å². The zero-order chi connectivity index (χ0) is 25.6. The lowest BCUT2D eigenvalue weighted by Gasteiger charge is -2.27. The molecule has 0 aliphatic heterocycles. The van der Waals surface area contributed by atoms with E-state index in [0.717, 1.165) is 16.7 Å². The van der Waals surface area contributed by atoms with Gasteiger partial charge in [0.25, 0.3) is 0 Å². The molecule has 0 aliphatic rings. The van der Waals surface area contributed by atoms with Crippen molar-refractivity contribution in [2.75, 3.05) is 7.05 Å². The lowest BCUT2D eigenvalue weighted by atomic mass is 10.0. The van der Waals surface area contributed by atoms with Gasteiger partial charge in [-0.3, -0.25) is 9.69 Å². The average Bonchev–Trinajstić information content (AvgIpc) is 2.85. The first kappa shape index (κ1) is 27.3. The molecule has 0 spiro atoms. The molecule has 35 heavy (non-hydrogen) atoms. The van der Waals surface area contributed by atoms with Crippen LogP contribution >= 0.6 is 11.6 Å². The predicted molar refractivity (Wildman–Crippen MR) is 135 cm³/mol. The molecule has 0 saturated heterocycles. The number of carboxylic acid groups (broad SMARTS) is 2. The van der Waals surface area contributed by atoms with Gasteiger partial charge in [0.05, 0.1) is 0 Å². The molecule has 7 nitrogen and oxygen atoms in total. The van der Waals surface area contributed by atoms with E-state index in [1.54, 1.807) is 0 Å². The number of benzene rings is 3.